The minimum atomic E-state index is -2.39. The highest BCUT2D eigenvalue weighted by atomic mass is 16.3. The highest BCUT2D eigenvalue weighted by Crippen LogP contribution is 2.56. The number of benzene rings is 1. The Morgan fingerprint density at radius 2 is 1.81 bits per heavy atom. The van der Waals surface area contributed by atoms with Gasteiger partial charge in [-0.25, -0.2) is 0 Å². The molecule has 10 nitrogen and oxygen atoms in total. The fraction of sp³-hybridized carbons (Fsp3) is 0.556. The maximum Gasteiger partial charge on any atom is 0.249 e. The van der Waals surface area contributed by atoms with E-state index in [4.69, 9.17) is 5.73 Å². The zero-order chi connectivity index (χ0) is 27.8. The van der Waals surface area contributed by atoms with Crippen molar-refractivity contribution in [3.63, 3.8) is 0 Å². The molecule has 0 aliphatic heterocycles. The van der Waals surface area contributed by atoms with Gasteiger partial charge in [0, 0.05) is 24.0 Å². The zero-order valence-corrected chi connectivity index (χ0v) is 22.0. The molecule has 0 bridgehead atoms. The summed E-state index contributed by atoms with van der Waals surface area (Å²) >= 11 is 0. The number of aliphatic hydroxyl groups is 4. The van der Waals surface area contributed by atoms with Gasteiger partial charge in [0.1, 0.15) is 22.9 Å². The molecule has 1 amide bonds. The van der Waals surface area contributed by atoms with E-state index in [-0.39, 0.29) is 34.4 Å². The molecule has 1 aromatic rings. The van der Waals surface area contributed by atoms with Crippen molar-refractivity contribution >= 4 is 11.7 Å². The summed E-state index contributed by atoms with van der Waals surface area (Å²) in [7, 11) is 3.21. The van der Waals surface area contributed by atoms with Crippen molar-refractivity contribution in [2.45, 2.75) is 57.4 Å². The lowest BCUT2D eigenvalue weighted by Gasteiger charge is -2.57. The number of primary amides is 1. The van der Waals surface area contributed by atoms with Crippen molar-refractivity contribution in [2.24, 2.45) is 23.0 Å². The van der Waals surface area contributed by atoms with Crippen LogP contribution in [0.2, 0.25) is 0 Å². The summed E-state index contributed by atoms with van der Waals surface area (Å²) in [6, 6.07) is 2.11. The predicted octanol–water partition coefficient (Wildman–Crippen LogP) is 1.09. The number of fused-ring (bicyclic) bond motifs is 3. The Morgan fingerprint density at radius 3 is 2.35 bits per heavy atom. The molecule has 0 saturated carbocycles. The van der Waals surface area contributed by atoms with Crippen LogP contribution >= 0.6 is 0 Å². The quantitative estimate of drug-likeness (QED) is 0.309. The topological polar surface area (TPSA) is 177 Å². The molecule has 3 aliphatic carbocycles. The number of nitrogens with two attached hydrogens (primary N) is 1. The van der Waals surface area contributed by atoms with Gasteiger partial charge in [-0.15, -0.1) is 0 Å². The first-order chi connectivity index (χ1) is 17.1. The lowest BCUT2D eigenvalue weighted by Crippen LogP contribution is -2.72. The third-order valence-corrected chi connectivity index (χ3v) is 8.07. The predicted molar refractivity (Wildman–Crippen MR) is 136 cm³/mol. The standard InChI is InChI=1S/C27H37N3O7/c1-11-12-8-7-9-13(31)15(12)20(32)16-14(11)21(33)18-19(30(5)6)22(34)17(25(28)36)23(27(18,37)24(16)35)29-10-26(2,3)4/h7-9,11,14,18-19,21,23,29,31,33-35,37H,10H2,1-6H3,(H2,28,36)/t11-,14?,18?,19-,21-,23+,27+/m0/s1. The van der Waals surface area contributed by atoms with Gasteiger partial charge in [0.05, 0.1) is 29.3 Å². The summed E-state index contributed by atoms with van der Waals surface area (Å²) < 4.78 is 0. The highest BCUT2D eigenvalue weighted by Gasteiger charge is 2.67. The van der Waals surface area contributed by atoms with Crippen molar-refractivity contribution in [3.05, 3.63) is 52.0 Å². The molecule has 0 spiro atoms. The van der Waals surface area contributed by atoms with Crippen LogP contribution in [0.4, 0.5) is 0 Å². The van der Waals surface area contributed by atoms with Crippen LogP contribution in [-0.4, -0.2) is 86.6 Å². The zero-order valence-electron chi connectivity index (χ0n) is 22.0. The van der Waals surface area contributed by atoms with Crippen molar-refractivity contribution in [1.29, 1.82) is 0 Å². The Labute approximate surface area is 216 Å². The second-order valence-corrected chi connectivity index (χ2v) is 11.9. The summed E-state index contributed by atoms with van der Waals surface area (Å²) in [6.07, 6.45) is -1.42. The fourth-order valence-electron chi connectivity index (χ4n) is 6.46. The molecule has 7 atom stereocenters. The molecule has 8 N–H and O–H groups in total. The Hall–Kier alpha value is -2.92. The van der Waals surface area contributed by atoms with E-state index in [2.05, 4.69) is 5.32 Å². The fourth-order valence-corrected chi connectivity index (χ4v) is 6.46. The molecule has 0 fully saturated rings. The minimum Gasteiger partial charge on any atom is -0.510 e. The van der Waals surface area contributed by atoms with Crippen LogP contribution < -0.4 is 11.1 Å². The van der Waals surface area contributed by atoms with E-state index < -0.39 is 64.8 Å². The summed E-state index contributed by atoms with van der Waals surface area (Å²) in [5.41, 5.74) is 2.90. The number of phenols is 1. The first-order valence-corrected chi connectivity index (χ1v) is 12.4. The number of carbonyl (C=O) groups excluding carboxylic acids is 2. The number of nitrogens with zero attached hydrogens (tertiary/aromatic N) is 1. The third-order valence-electron chi connectivity index (χ3n) is 8.07. The van der Waals surface area contributed by atoms with Crippen LogP contribution in [0.1, 0.15) is 49.5 Å². The van der Waals surface area contributed by atoms with Gasteiger partial charge in [-0.1, -0.05) is 39.8 Å². The van der Waals surface area contributed by atoms with Gasteiger partial charge in [-0.05, 0) is 37.1 Å². The van der Waals surface area contributed by atoms with E-state index in [1.807, 2.05) is 20.8 Å². The lowest BCUT2D eigenvalue weighted by atomic mass is 9.54. The number of phenolic OH excluding ortho intramolecular Hbond substituents is 1. The molecule has 0 radical (unpaired) electrons. The number of nitrogens with one attached hydrogen (secondary N) is 1. The maximum atomic E-state index is 13.7. The molecule has 0 aromatic heterocycles. The molecule has 1 aromatic carbocycles. The number of ketones is 1. The van der Waals surface area contributed by atoms with Crippen LogP contribution in [0.5, 0.6) is 5.75 Å². The number of hydrogen-bond acceptors (Lipinski definition) is 9. The summed E-state index contributed by atoms with van der Waals surface area (Å²) in [4.78, 5) is 27.9. The van der Waals surface area contributed by atoms with Gasteiger partial charge in [-0.2, -0.15) is 0 Å². The van der Waals surface area contributed by atoms with Crippen LogP contribution in [0.3, 0.4) is 0 Å². The van der Waals surface area contributed by atoms with E-state index >= 15 is 0 Å². The highest BCUT2D eigenvalue weighted by molar-refractivity contribution is 6.14. The van der Waals surface area contributed by atoms with Crippen LogP contribution in [0.15, 0.2) is 40.9 Å². The molecule has 37 heavy (non-hydrogen) atoms. The van der Waals surface area contributed by atoms with E-state index in [0.29, 0.717) is 5.56 Å². The number of hydrogen-bond donors (Lipinski definition) is 7. The number of likely N-dealkylation sites (N-methyl/N-ethyl adjacent to an activating group) is 1. The molecular weight excluding hydrogens is 478 g/mol. The number of amides is 1. The molecule has 10 heteroatoms. The van der Waals surface area contributed by atoms with Gasteiger partial charge in [-0.3, -0.25) is 14.5 Å². The maximum absolute atomic E-state index is 13.7. The van der Waals surface area contributed by atoms with E-state index in [1.165, 1.54) is 11.0 Å². The number of aromatic hydroxyl groups is 1. The SMILES string of the molecule is C[C@H]1c2cccc(O)c2C(=O)C2=C(O)[C@@]3(O)C([C@@H](O)C21)[C@H](N(C)C)C(O)=C(C(N)=O)[C@H]3NCC(C)(C)C. The third kappa shape index (κ3) is 3.85. The average Bonchev–Trinajstić information content (AvgIpc) is 2.78. The molecule has 4 rings (SSSR count). The number of carbonyl (C=O) groups is 2. The van der Waals surface area contributed by atoms with Crippen LogP contribution in [0.25, 0.3) is 0 Å². The Morgan fingerprint density at radius 1 is 1.19 bits per heavy atom. The summed E-state index contributed by atoms with van der Waals surface area (Å²) in [6.45, 7) is 7.74. The molecule has 3 aliphatic rings. The van der Waals surface area contributed by atoms with Gasteiger partial charge in [0.25, 0.3) is 0 Å². The van der Waals surface area contributed by atoms with Crippen molar-refractivity contribution in [2.75, 3.05) is 20.6 Å². The molecule has 0 saturated heterocycles. The summed E-state index contributed by atoms with van der Waals surface area (Å²) in [5, 5.41) is 60.9. The molecular formula is C27H37N3O7. The minimum absolute atomic E-state index is 0.00488. The van der Waals surface area contributed by atoms with E-state index in [1.54, 1.807) is 33.2 Å². The van der Waals surface area contributed by atoms with E-state index in [0.717, 1.165) is 0 Å². The molecule has 2 unspecified atom stereocenters. The van der Waals surface area contributed by atoms with Crippen molar-refractivity contribution in [3.8, 4) is 5.75 Å². The molecule has 0 heterocycles. The molecule has 202 valence electrons. The van der Waals surface area contributed by atoms with Gasteiger partial charge in [0.2, 0.25) is 5.91 Å². The van der Waals surface area contributed by atoms with Crippen molar-refractivity contribution in [1.82, 2.24) is 10.2 Å². The first kappa shape index (κ1) is 27.1. The van der Waals surface area contributed by atoms with Gasteiger partial charge in [0.15, 0.2) is 5.78 Å². The number of Topliss-reactive ketones (excluding diaryl/α,β-unsaturated/α-hetero) is 1. The first-order valence-electron chi connectivity index (χ1n) is 12.4. The van der Waals surface area contributed by atoms with Gasteiger partial charge < -0.3 is 36.6 Å². The normalized spacial score (nSPS) is 33.8. The van der Waals surface area contributed by atoms with Crippen LogP contribution in [-0.2, 0) is 4.79 Å². The Balaban J connectivity index is 2.05. The summed E-state index contributed by atoms with van der Waals surface area (Å²) in [5.74, 6) is -5.83. The Bertz CT molecular complexity index is 1210. The number of rotatable bonds is 4. The second-order valence-electron chi connectivity index (χ2n) is 11.9. The number of aliphatic hydroxyl groups excluding tert-OH is 3. The van der Waals surface area contributed by atoms with Crippen molar-refractivity contribution < 1.29 is 35.1 Å². The Kier molecular flexibility index (Phi) is 6.48. The average molecular weight is 516 g/mol. The largest absolute Gasteiger partial charge is 0.510 e. The van der Waals surface area contributed by atoms with Gasteiger partial charge >= 0.3 is 0 Å². The monoisotopic (exact) mass is 515 g/mol. The van der Waals surface area contributed by atoms with Crippen LogP contribution in [0, 0.1) is 17.3 Å². The second kappa shape index (κ2) is 8.83. The van der Waals surface area contributed by atoms with E-state index in [9.17, 15) is 35.1 Å². The smallest absolute Gasteiger partial charge is 0.249 e. The lowest BCUT2D eigenvalue weighted by molar-refractivity contribution is -0.147.